The highest BCUT2D eigenvalue weighted by Crippen LogP contribution is 2.32. The number of carbonyl (C=O) groups excluding carboxylic acids is 1. The number of urea groups is 1. The molecule has 0 atom stereocenters. The molecule has 0 bridgehead atoms. The Morgan fingerprint density at radius 3 is 2.48 bits per heavy atom. The van der Waals surface area contributed by atoms with Crippen molar-refractivity contribution in [3.05, 3.63) is 53.6 Å². The Morgan fingerprint density at radius 2 is 1.83 bits per heavy atom. The molecule has 0 unspecified atom stereocenters. The highest BCUT2D eigenvalue weighted by Gasteiger charge is 2.41. The lowest BCUT2D eigenvalue weighted by Gasteiger charge is -2.38. The SMILES string of the molecule is Cc1ccc(S(=O)(=O)N2CC=C3C2=NC=C(N2CCCCC2)N3C(=O)NN)cc1. The van der Waals surface area contributed by atoms with Gasteiger partial charge in [-0.2, -0.15) is 0 Å². The minimum Gasteiger partial charge on any atom is -0.356 e. The van der Waals surface area contributed by atoms with Crippen LogP contribution in [0.15, 0.2) is 57.9 Å². The highest BCUT2D eigenvalue weighted by atomic mass is 32.2. The number of sulfonamides is 1. The minimum atomic E-state index is -3.81. The van der Waals surface area contributed by atoms with Crippen molar-refractivity contribution in [3.8, 4) is 0 Å². The van der Waals surface area contributed by atoms with Gasteiger partial charge in [-0.25, -0.2) is 33.3 Å². The Bertz CT molecular complexity index is 1010. The number of carbonyl (C=O) groups is 1. The van der Waals surface area contributed by atoms with Crippen LogP contribution in [0.1, 0.15) is 24.8 Å². The molecular formula is C19H24N6O3S. The van der Waals surface area contributed by atoms with E-state index in [1.54, 1.807) is 36.5 Å². The monoisotopic (exact) mass is 416 g/mol. The summed E-state index contributed by atoms with van der Waals surface area (Å²) in [5.41, 5.74) is 3.56. The summed E-state index contributed by atoms with van der Waals surface area (Å²) in [5, 5.41) is 0. The molecule has 0 aliphatic carbocycles. The summed E-state index contributed by atoms with van der Waals surface area (Å²) in [6, 6.07) is 6.12. The second-order valence-corrected chi connectivity index (χ2v) is 9.07. The fourth-order valence-corrected chi connectivity index (χ4v) is 5.14. The van der Waals surface area contributed by atoms with Crippen LogP contribution in [0, 0.1) is 6.92 Å². The van der Waals surface area contributed by atoms with Gasteiger partial charge in [-0.05, 0) is 44.4 Å². The number of benzene rings is 1. The molecular weight excluding hydrogens is 392 g/mol. The van der Waals surface area contributed by atoms with Crippen molar-refractivity contribution in [1.29, 1.82) is 0 Å². The predicted molar refractivity (Wildman–Crippen MR) is 109 cm³/mol. The number of nitrogens with zero attached hydrogens (tertiary/aromatic N) is 4. The summed E-state index contributed by atoms with van der Waals surface area (Å²) in [7, 11) is -3.81. The molecule has 3 aliphatic rings. The molecule has 3 heterocycles. The van der Waals surface area contributed by atoms with Gasteiger partial charge in [0, 0.05) is 13.1 Å². The number of likely N-dealkylation sites (tertiary alicyclic amines) is 1. The average molecular weight is 417 g/mol. The van der Waals surface area contributed by atoms with Crippen molar-refractivity contribution >= 4 is 21.9 Å². The van der Waals surface area contributed by atoms with Gasteiger partial charge in [-0.15, -0.1) is 0 Å². The molecule has 3 N–H and O–H groups in total. The molecule has 10 heteroatoms. The van der Waals surface area contributed by atoms with Gasteiger partial charge in [0.25, 0.3) is 10.0 Å². The fraction of sp³-hybridized carbons (Fsp3) is 0.368. The largest absolute Gasteiger partial charge is 0.356 e. The lowest BCUT2D eigenvalue weighted by molar-refractivity contribution is 0.189. The molecule has 29 heavy (non-hydrogen) atoms. The zero-order chi connectivity index (χ0) is 20.6. The summed E-state index contributed by atoms with van der Waals surface area (Å²) >= 11 is 0. The molecule has 1 fully saturated rings. The molecule has 0 radical (unpaired) electrons. The lowest BCUT2D eigenvalue weighted by Crippen LogP contribution is -2.50. The van der Waals surface area contributed by atoms with E-state index in [9.17, 15) is 13.2 Å². The lowest BCUT2D eigenvalue weighted by atomic mass is 10.1. The number of aliphatic imine (C=N–C) groups is 1. The molecule has 3 aliphatic heterocycles. The first-order chi connectivity index (χ1) is 13.9. The predicted octanol–water partition coefficient (Wildman–Crippen LogP) is 1.47. The zero-order valence-corrected chi connectivity index (χ0v) is 17.0. The third kappa shape index (κ3) is 3.38. The van der Waals surface area contributed by atoms with Crippen LogP contribution in [0.2, 0.25) is 0 Å². The Labute approximate surface area is 170 Å². The number of rotatable bonds is 3. The van der Waals surface area contributed by atoms with Crippen LogP contribution >= 0.6 is 0 Å². The number of amides is 2. The third-order valence-corrected chi connectivity index (χ3v) is 7.07. The molecule has 1 aromatic rings. The molecule has 0 saturated carbocycles. The second-order valence-electron chi connectivity index (χ2n) is 7.21. The Kier molecular flexibility index (Phi) is 5.05. The molecule has 1 aromatic carbocycles. The summed E-state index contributed by atoms with van der Waals surface area (Å²) in [4.78, 5) is 20.7. The standard InChI is InChI=1S/C19H24N6O3S/c1-14-5-7-15(8-6-14)29(27,28)24-12-9-16-18(24)21-13-17(25(16)19(26)22-20)23-10-3-2-4-11-23/h5-9,13H,2-4,10-12,20H2,1H3,(H,22,26). The maximum atomic E-state index is 13.2. The van der Waals surface area contributed by atoms with Crippen LogP contribution in [0.5, 0.6) is 0 Å². The van der Waals surface area contributed by atoms with Gasteiger partial charge >= 0.3 is 6.03 Å². The van der Waals surface area contributed by atoms with E-state index in [1.165, 1.54) is 9.21 Å². The number of amidine groups is 1. The van der Waals surface area contributed by atoms with Crippen LogP contribution in [0.3, 0.4) is 0 Å². The van der Waals surface area contributed by atoms with Crippen molar-refractivity contribution < 1.29 is 13.2 Å². The smallest absolute Gasteiger partial charge is 0.341 e. The van der Waals surface area contributed by atoms with Crippen molar-refractivity contribution in [2.45, 2.75) is 31.1 Å². The second kappa shape index (κ2) is 7.53. The molecule has 9 nitrogen and oxygen atoms in total. The van der Waals surface area contributed by atoms with E-state index in [2.05, 4.69) is 15.3 Å². The Morgan fingerprint density at radius 1 is 1.14 bits per heavy atom. The van der Waals surface area contributed by atoms with Gasteiger partial charge in [-0.3, -0.25) is 5.43 Å². The van der Waals surface area contributed by atoms with Crippen molar-refractivity contribution in [1.82, 2.24) is 19.5 Å². The number of hydrogen-bond donors (Lipinski definition) is 2. The quantitative estimate of drug-likeness (QED) is 0.440. The number of nitrogens with one attached hydrogen (secondary N) is 1. The highest BCUT2D eigenvalue weighted by molar-refractivity contribution is 7.89. The molecule has 0 spiro atoms. The van der Waals surface area contributed by atoms with E-state index in [0.717, 1.165) is 37.9 Å². The van der Waals surface area contributed by atoms with Gasteiger partial charge in [0.1, 0.15) is 5.82 Å². The van der Waals surface area contributed by atoms with E-state index in [4.69, 9.17) is 5.84 Å². The number of fused-ring (bicyclic) bond motifs is 1. The van der Waals surface area contributed by atoms with Gasteiger partial charge < -0.3 is 4.90 Å². The first-order valence-electron chi connectivity index (χ1n) is 9.57. The molecule has 4 rings (SSSR count). The van der Waals surface area contributed by atoms with Crippen LogP contribution in [0.4, 0.5) is 4.79 Å². The van der Waals surface area contributed by atoms with Crippen LogP contribution in [0.25, 0.3) is 0 Å². The normalized spacial score (nSPS) is 19.4. The number of piperidine rings is 1. The van der Waals surface area contributed by atoms with Crippen molar-refractivity contribution in [2.75, 3.05) is 19.6 Å². The van der Waals surface area contributed by atoms with Crippen LogP contribution in [-0.4, -0.2) is 54.0 Å². The van der Waals surface area contributed by atoms with Gasteiger partial charge in [-0.1, -0.05) is 17.7 Å². The first kappa shape index (κ1) is 19.5. The van der Waals surface area contributed by atoms with E-state index < -0.39 is 16.1 Å². The summed E-state index contributed by atoms with van der Waals surface area (Å²) < 4.78 is 27.5. The number of hydrogen-bond acceptors (Lipinski definition) is 6. The van der Waals surface area contributed by atoms with Gasteiger partial charge in [0.05, 0.1) is 23.3 Å². The molecule has 1 saturated heterocycles. The van der Waals surface area contributed by atoms with Crippen molar-refractivity contribution in [2.24, 2.45) is 10.8 Å². The van der Waals surface area contributed by atoms with Gasteiger partial charge in [0.2, 0.25) is 0 Å². The van der Waals surface area contributed by atoms with Crippen LogP contribution < -0.4 is 11.3 Å². The number of hydrazine groups is 1. The third-order valence-electron chi connectivity index (χ3n) is 5.30. The van der Waals surface area contributed by atoms with E-state index in [1.807, 2.05) is 6.92 Å². The zero-order valence-electron chi connectivity index (χ0n) is 16.2. The molecule has 154 valence electrons. The first-order valence-corrected chi connectivity index (χ1v) is 11.0. The molecule has 2 amide bonds. The molecule has 0 aromatic heterocycles. The summed E-state index contributed by atoms with van der Waals surface area (Å²) in [6.45, 7) is 3.61. The topological polar surface area (TPSA) is 111 Å². The maximum absolute atomic E-state index is 13.2. The van der Waals surface area contributed by atoms with Crippen LogP contribution in [-0.2, 0) is 10.0 Å². The summed E-state index contributed by atoms with van der Waals surface area (Å²) in [5.74, 6) is 6.24. The average Bonchev–Trinajstić information content (AvgIpc) is 3.18. The maximum Gasteiger partial charge on any atom is 0.341 e. The van der Waals surface area contributed by atoms with E-state index in [-0.39, 0.29) is 17.3 Å². The van der Waals surface area contributed by atoms with Crippen molar-refractivity contribution in [3.63, 3.8) is 0 Å². The van der Waals surface area contributed by atoms with E-state index >= 15 is 0 Å². The summed E-state index contributed by atoms with van der Waals surface area (Å²) in [6.07, 6.45) is 6.44. The number of aryl methyl sites for hydroxylation is 1. The Hall–Kier alpha value is -2.85. The van der Waals surface area contributed by atoms with Gasteiger partial charge in [0.15, 0.2) is 5.84 Å². The fourth-order valence-electron chi connectivity index (χ4n) is 3.77. The Balaban J connectivity index is 1.71. The minimum absolute atomic E-state index is 0.0971. The number of nitrogens with two attached hydrogens (primary N) is 1. The van der Waals surface area contributed by atoms with E-state index in [0.29, 0.717) is 11.5 Å².